The average Bonchev–Trinajstić information content (AvgIpc) is 3.30. The van der Waals surface area contributed by atoms with Crippen LogP contribution in [0, 0.1) is 0 Å². The van der Waals surface area contributed by atoms with Crippen molar-refractivity contribution < 1.29 is 28.6 Å². The molecule has 65 heavy (non-hydrogen) atoms. The van der Waals surface area contributed by atoms with Crippen LogP contribution in [-0.4, -0.2) is 37.2 Å². The van der Waals surface area contributed by atoms with Gasteiger partial charge in [0.2, 0.25) is 0 Å². The van der Waals surface area contributed by atoms with E-state index in [-0.39, 0.29) is 31.1 Å². The van der Waals surface area contributed by atoms with Crippen LogP contribution < -0.4 is 0 Å². The molecule has 0 bridgehead atoms. The molecule has 0 N–H and O–H groups in total. The van der Waals surface area contributed by atoms with E-state index in [1.54, 1.807) is 0 Å². The first-order chi connectivity index (χ1) is 32.0. The summed E-state index contributed by atoms with van der Waals surface area (Å²) in [5.74, 6) is -0.875. The maximum atomic E-state index is 12.6. The van der Waals surface area contributed by atoms with Gasteiger partial charge in [0.1, 0.15) is 13.2 Å². The Kier molecular flexibility index (Phi) is 52.7. The molecule has 0 saturated heterocycles. The number of carbonyl (C=O) groups excluding carboxylic acids is 3. The molecule has 0 saturated carbocycles. The summed E-state index contributed by atoms with van der Waals surface area (Å²) in [4.78, 5) is 37.4. The van der Waals surface area contributed by atoms with E-state index in [2.05, 4.69) is 45.1 Å². The van der Waals surface area contributed by atoms with Gasteiger partial charge in [-0.2, -0.15) is 0 Å². The number of rotatable bonds is 53. The molecular formula is C59H110O6. The van der Waals surface area contributed by atoms with Crippen LogP contribution in [0.15, 0.2) is 24.3 Å². The molecule has 0 aliphatic carbocycles. The fourth-order valence-electron chi connectivity index (χ4n) is 8.59. The van der Waals surface area contributed by atoms with Gasteiger partial charge in [-0.15, -0.1) is 0 Å². The second-order valence-corrected chi connectivity index (χ2v) is 19.6. The van der Waals surface area contributed by atoms with Crippen LogP contribution in [0.25, 0.3) is 0 Å². The third-order valence-electron chi connectivity index (χ3n) is 13.0. The van der Waals surface area contributed by atoms with Crippen molar-refractivity contribution in [1.82, 2.24) is 0 Å². The first-order valence-electron chi connectivity index (χ1n) is 28.8. The number of carbonyl (C=O) groups is 3. The van der Waals surface area contributed by atoms with Gasteiger partial charge in [0, 0.05) is 19.3 Å². The van der Waals surface area contributed by atoms with Gasteiger partial charge in [-0.05, 0) is 51.4 Å². The third-order valence-corrected chi connectivity index (χ3v) is 13.0. The van der Waals surface area contributed by atoms with Crippen LogP contribution in [0.1, 0.15) is 316 Å². The lowest BCUT2D eigenvalue weighted by Crippen LogP contribution is -2.30. The molecule has 1 atom stereocenters. The predicted octanol–water partition coefficient (Wildman–Crippen LogP) is 19.1. The van der Waals surface area contributed by atoms with Crippen molar-refractivity contribution in [3.63, 3.8) is 0 Å². The van der Waals surface area contributed by atoms with Crippen molar-refractivity contribution in [2.75, 3.05) is 13.2 Å². The molecule has 0 aliphatic heterocycles. The molecule has 382 valence electrons. The molecule has 0 spiro atoms. The normalized spacial score (nSPS) is 12.1. The minimum atomic E-state index is -0.758. The van der Waals surface area contributed by atoms with E-state index in [4.69, 9.17) is 14.2 Å². The summed E-state index contributed by atoms with van der Waals surface area (Å²) >= 11 is 0. The minimum absolute atomic E-state index is 0.0665. The SMILES string of the molecule is CCCCCCC/C=C\C/C=C\CCCCCCCCCCCCCCCCCCCCCCCCCC(=O)OCC(COC(=O)CCCCCCC)OC(=O)CCCCCCCCC. The maximum absolute atomic E-state index is 12.6. The molecule has 0 aromatic heterocycles. The second-order valence-electron chi connectivity index (χ2n) is 19.6. The fraction of sp³-hybridized carbons (Fsp3) is 0.881. The molecular weight excluding hydrogens is 805 g/mol. The van der Waals surface area contributed by atoms with E-state index in [1.807, 2.05) is 0 Å². The summed E-state index contributed by atoms with van der Waals surface area (Å²) in [7, 11) is 0. The molecule has 0 heterocycles. The Labute approximate surface area is 404 Å². The van der Waals surface area contributed by atoms with Gasteiger partial charge in [-0.3, -0.25) is 14.4 Å². The van der Waals surface area contributed by atoms with Gasteiger partial charge in [0.25, 0.3) is 0 Å². The molecule has 0 fully saturated rings. The standard InChI is InChI=1S/C59H110O6/c1-4-7-10-13-15-16-17-18-19-20-21-22-23-24-25-26-27-28-29-30-31-32-33-34-35-36-37-38-39-40-41-42-44-46-49-52-58(61)64-55-56(54-63-57(60)51-48-45-12-9-6-3)65-59(62)53-50-47-43-14-11-8-5-2/h17-18,20-21,56H,4-16,19,22-55H2,1-3H3/b18-17-,21-20-. The quantitative estimate of drug-likeness (QED) is 0.0262. The Bertz CT molecular complexity index is 1050. The predicted molar refractivity (Wildman–Crippen MR) is 279 cm³/mol. The van der Waals surface area contributed by atoms with Gasteiger partial charge in [-0.25, -0.2) is 0 Å². The number of hydrogen-bond donors (Lipinski definition) is 0. The van der Waals surface area contributed by atoms with Gasteiger partial charge in [-0.1, -0.05) is 270 Å². The lowest BCUT2D eigenvalue weighted by molar-refractivity contribution is -0.167. The second kappa shape index (κ2) is 54.5. The van der Waals surface area contributed by atoms with Crippen molar-refractivity contribution in [3.05, 3.63) is 24.3 Å². The fourth-order valence-corrected chi connectivity index (χ4v) is 8.59. The molecule has 1 unspecified atom stereocenters. The molecule has 0 rings (SSSR count). The first kappa shape index (κ1) is 62.9. The van der Waals surface area contributed by atoms with Gasteiger partial charge >= 0.3 is 17.9 Å². The number of hydrogen-bond acceptors (Lipinski definition) is 6. The number of unbranched alkanes of at least 4 members (excludes halogenated alkanes) is 38. The smallest absolute Gasteiger partial charge is 0.306 e. The molecule has 0 amide bonds. The number of esters is 3. The van der Waals surface area contributed by atoms with Crippen molar-refractivity contribution in [2.24, 2.45) is 0 Å². The lowest BCUT2D eigenvalue weighted by Gasteiger charge is -2.18. The molecule has 6 nitrogen and oxygen atoms in total. The largest absolute Gasteiger partial charge is 0.462 e. The zero-order valence-corrected chi connectivity index (χ0v) is 43.8. The van der Waals surface area contributed by atoms with Crippen LogP contribution in [-0.2, 0) is 28.6 Å². The highest BCUT2D eigenvalue weighted by Crippen LogP contribution is 2.17. The van der Waals surface area contributed by atoms with Crippen LogP contribution in [0.3, 0.4) is 0 Å². The van der Waals surface area contributed by atoms with Crippen LogP contribution >= 0.6 is 0 Å². The van der Waals surface area contributed by atoms with E-state index in [0.29, 0.717) is 19.3 Å². The zero-order valence-electron chi connectivity index (χ0n) is 43.8. The number of allylic oxidation sites excluding steroid dienone is 4. The minimum Gasteiger partial charge on any atom is -0.462 e. The van der Waals surface area contributed by atoms with E-state index >= 15 is 0 Å². The Morgan fingerprint density at radius 2 is 0.554 bits per heavy atom. The average molecular weight is 916 g/mol. The molecule has 0 aliphatic rings. The highest BCUT2D eigenvalue weighted by molar-refractivity contribution is 5.71. The zero-order chi connectivity index (χ0) is 47.2. The van der Waals surface area contributed by atoms with Crippen LogP contribution in [0.2, 0.25) is 0 Å². The van der Waals surface area contributed by atoms with Crippen molar-refractivity contribution >= 4 is 17.9 Å². The molecule has 6 heteroatoms. The Balaban J connectivity index is 3.71. The summed E-state index contributed by atoms with van der Waals surface area (Å²) in [5.41, 5.74) is 0. The van der Waals surface area contributed by atoms with E-state index < -0.39 is 6.10 Å². The van der Waals surface area contributed by atoms with E-state index in [1.165, 1.54) is 205 Å². The highest BCUT2D eigenvalue weighted by atomic mass is 16.6. The molecule has 0 aromatic rings. The topological polar surface area (TPSA) is 78.9 Å². The molecule has 0 aromatic carbocycles. The summed E-state index contributed by atoms with van der Waals surface area (Å²) < 4.78 is 16.6. The van der Waals surface area contributed by atoms with Crippen molar-refractivity contribution in [3.8, 4) is 0 Å². The number of ether oxygens (including phenoxy) is 3. The van der Waals surface area contributed by atoms with E-state index in [0.717, 1.165) is 70.6 Å². The maximum Gasteiger partial charge on any atom is 0.306 e. The Hall–Kier alpha value is -2.11. The van der Waals surface area contributed by atoms with Crippen LogP contribution in [0.5, 0.6) is 0 Å². The summed E-state index contributed by atoms with van der Waals surface area (Å²) in [6.45, 7) is 6.52. The Morgan fingerprint density at radius 1 is 0.308 bits per heavy atom. The third kappa shape index (κ3) is 52.7. The lowest BCUT2D eigenvalue weighted by atomic mass is 10.0. The monoisotopic (exact) mass is 915 g/mol. The summed E-state index contributed by atoms with van der Waals surface area (Å²) in [5, 5.41) is 0. The van der Waals surface area contributed by atoms with Gasteiger partial charge < -0.3 is 14.2 Å². The first-order valence-corrected chi connectivity index (χ1v) is 28.8. The van der Waals surface area contributed by atoms with Crippen molar-refractivity contribution in [1.29, 1.82) is 0 Å². The van der Waals surface area contributed by atoms with Gasteiger partial charge in [0.05, 0.1) is 0 Å². The summed E-state index contributed by atoms with van der Waals surface area (Å²) in [6, 6.07) is 0. The molecule has 0 radical (unpaired) electrons. The summed E-state index contributed by atoms with van der Waals surface area (Å²) in [6.07, 6.45) is 64.2. The van der Waals surface area contributed by atoms with E-state index in [9.17, 15) is 14.4 Å². The van der Waals surface area contributed by atoms with Crippen molar-refractivity contribution in [2.45, 2.75) is 322 Å². The van der Waals surface area contributed by atoms with Crippen LogP contribution in [0.4, 0.5) is 0 Å². The highest BCUT2D eigenvalue weighted by Gasteiger charge is 2.19. The van der Waals surface area contributed by atoms with Gasteiger partial charge in [0.15, 0.2) is 6.10 Å². The Morgan fingerprint density at radius 3 is 0.846 bits per heavy atom.